The molecule has 1 aromatic rings. The average Bonchev–Trinajstić information content (AvgIpc) is 2.42. The Kier molecular flexibility index (Phi) is 4.91. The molecule has 1 fully saturated rings. The molecule has 1 N–H and O–H groups in total. The maximum absolute atomic E-state index is 13.5. The number of carbonyl (C=O) groups is 1. The van der Waals surface area contributed by atoms with Gasteiger partial charge in [-0.15, -0.1) is 0 Å². The highest BCUT2D eigenvalue weighted by molar-refractivity contribution is 5.79. The summed E-state index contributed by atoms with van der Waals surface area (Å²) in [5.74, 6) is -0.274. The van der Waals surface area contributed by atoms with E-state index in [1.807, 2.05) is 4.90 Å². The van der Waals surface area contributed by atoms with E-state index in [1.54, 1.807) is 18.2 Å². The average molecular weight is 264 g/mol. The van der Waals surface area contributed by atoms with E-state index in [0.717, 1.165) is 32.5 Å². The van der Waals surface area contributed by atoms with E-state index < -0.39 is 0 Å². The number of likely N-dealkylation sites (N-methyl/N-ethyl adjacent to an activating group) is 1. The number of rotatable bonds is 4. The van der Waals surface area contributed by atoms with Crippen LogP contribution in [0.5, 0.6) is 0 Å². The predicted molar refractivity (Wildman–Crippen MR) is 73.4 cm³/mol. The molecule has 1 amide bonds. The first kappa shape index (κ1) is 14.0. The Bertz CT molecular complexity index is 434. The standard InChI is InChI=1S/C15H21FN2O/c1-2-17-13-7-5-9-18(11-13)15(19)10-12-6-3-4-8-14(12)16/h3-4,6,8,13,17H,2,5,7,9-11H2,1H3. The van der Waals surface area contributed by atoms with E-state index in [4.69, 9.17) is 0 Å². The summed E-state index contributed by atoms with van der Waals surface area (Å²) in [6, 6.07) is 6.87. The number of likely N-dealkylation sites (tertiary alicyclic amines) is 1. The number of halogens is 1. The Balaban J connectivity index is 1.94. The highest BCUT2D eigenvalue weighted by atomic mass is 19.1. The van der Waals surface area contributed by atoms with Gasteiger partial charge in [-0.1, -0.05) is 25.1 Å². The molecule has 0 radical (unpaired) electrons. The van der Waals surface area contributed by atoms with E-state index in [0.29, 0.717) is 11.6 Å². The first-order chi connectivity index (χ1) is 9.20. The first-order valence-electron chi connectivity index (χ1n) is 6.95. The monoisotopic (exact) mass is 264 g/mol. The van der Waals surface area contributed by atoms with E-state index in [-0.39, 0.29) is 18.1 Å². The third-order valence-corrected chi connectivity index (χ3v) is 3.57. The number of benzene rings is 1. The van der Waals surface area contributed by atoms with Crippen molar-refractivity contribution in [3.63, 3.8) is 0 Å². The molecule has 0 aromatic heterocycles. The van der Waals surface area contributed by atoms with Crippen molar-refractivity contribution in [1.29, 1.82) is 0 Å². The SMILES string of the molecule is CCNC1CCCN(C(=O)Cc2ccccc2F)C1. The van der Waals surface area contributed by atoms with E-state index in [1.165, 1.54) is 6.07 Å². The molecule has 0 spiro atoms. The number of carbonyl (C=O) groups excluding carboxylic acids is 1. The maximum atomic E-state index is 13.5. The highest BCUT2D eigenvalue weighted by Gasteiger charge is 2.23. The molecule has 1 unspecified atom stereocenters. The molecule has 3 nitrogen and oxygen atoms in total. The van der Waals surface area contributed by atoms with Crippen LogP contribution >= 0.6 is 0 Å². The van der Waals surface area contributed by atoms with Gasteiger partial charge in [0, 0.05) is 19.1 Å². The molecule has 19 heavy (non-hydrogen) atoms. The van der Waals surface area contributed by atoms with E-state index in [2.05, 4.69) is 12.2 Å². The second kappa shape index (κ2) is 6.66. The Morgan fingerprint density at radius 3 is 3.00 bits per heavy atom. The molecular weight excluding hydrogens is 243 g/mol. The first-order valence-corrected chi connectivity index (χ1v) is 6.95. The van der Waals surface area contributed by atoms with Gasteiger partial charge in [0.05, 0.1) is 6.42 Å². The van der Waals surface area contributed by atoms with Crippen LogP contribution in [0.1, 0.15) is 25.3 Å². The number of nitrogens with zero attached hydrogens (tertiary/aromatic N) is 1. The second-order valence-electron chi connectivity index (χ2n) is 5.00. The molecule has 1 heterocycles. The fourth-order valence-corrected chi connectivity index (χ4v) is 2.58. The maximum Gasteiger partial charge on any atom is 0.227 e. The van der Waals surface area contributed by atoms with Gasteiger partial charge in [0.25, 0.3) is 0 Å². The summed E-state index contributed by atoms with van der Waals surface area (Å²) in [5, 5.41) is 3.38. The molecule has 1 aromatic carbocycles. The minimum atomic E-state index is -0.295. The minimum Gasteiger partial charge on any atom is -0.341 e. The molecule has 1 saturated heterocycles. The van der Waals surface area contributed by atoms with Crippen LogP contribution in [0.25, 0.3) is 0 Å². The van der Waals surface area contributed by atoms with Crippen LogP contribution in [0.15, 0.2) is 24.3 Å². The Hall–Kier alpha value is -1.42. The van der Waals surface area contributed by atoms with Gasteiger partial charge in [0.2, 0.25) is 5.91 Å². The Labute approximate surface area is 113 Å². The molecule has 1 aliphatic heterocycles. The van der Waals surface area contributed by atoms with Gasteiger partial charge in [0.1, 0.15) is 5.82 Å². The van der Waals surface area contributed by atoms with Gasteiger partial charge in [0.15, 0.2) is 0 Å². The van der Waals surface area contributed by atoms with Crippen molar-refractivity contribution < 1.29 is 9.18 Å². The van der Waals surface area contributed by atoms with Gasteiger partial charge in [-0.3, -0.25) is 4.79 Å². The minimum absolute atomic E-state index is 0.0210. The summed E-state index contributed by atoms with van der Waals surface area (Å²) in [5.41, 5.74) is 0.484. The molecule has 1 atom stereocenters. The van der Waals surface area contributed by atoms with Crippen molar-refractivity contribution in [1.82, 2.24) is 10.2 Å². The van der Waals surface area contributed by atoms with Gasteiger partial charge in [-0.2, -0.15) is 0 Å². The fourth-order valence-electron chi connectivity index (χ4n) is 2.58. The van der Waals surface area contributed by atoms with Crippen LogP contribution in [0.4, 0.5) is 4.39 Å². The van der Waals surface area contributed by atoms with Gasteiger partial charge >= 0.3 is 0 Å². The number of hydrogen-bond donors (Lipinski definition) is 1. The lowest BCUT2D eigenvalue weighted by atomic mass is 10.0. The zero-order valence-corrected chi connectivity index (χ0v) is 11.4. The molecule has 0 aliphatic carbocycles. The topological polar surface area (TPSA) is 32.3 Å². The summed E-state index contributed by atoms with van der Waals surface area (Å²) in [6.07, 6.45) is 2.28. The molecular formula is C15H21FN2O. The van der Waals surface area contributed by atoms with Crippen molar-refractivity contribution in [2.24, 2.45) is 0 Å². The lowest BCUT2D eigenvalue weighted by Crippen LogP contribution is -2.48. The predicted octanol–water partition coefficient (Wildman–Crippen LogP) is 1.97. The van der Waals surface area contributed by atoms with E-state index in [9.17, 15) is 9.18 Å². The molecule has 0 saturated carbocycles. The number of piperidine rings is 1. The summed E-state index contributed by atoms with van der Waals surface area (Å²) < 4.78 is 13.5. The van der Waals surface area contributed by atoms with Crippen molar-refractivity contribution in [3.8, 4) is 0 Å². The molecule has 1 aliphatic rings. The molecule has 2 rings (SSSR count). The largest absolute Gasteiger partial charge is 0.341 e. The smallest absolute Gasteiger partial charge is 0.227 e. The lowest BCUT2D eigenvalue weighted by Gasteiger charge is -2.33. The quantitative estimate of drug-likeness (QED) is 0.901. The number of nitrogens with one attached hydrogen (secondary N) is 1. The van der Waals surface area contributed by atoms with Gasteiger partial charge in [-0.25, -0.2) is 4.39 Å². The van der Waals surface area contributed by atoms with Crippen LogP contribution in [0.2, 0.25) is 0 Å². The summed E-state index contributed by atoms with van der Waals surface area (Å²) in [6.45, 7) is 4.51. The van der Waals surface area contributed by atoms with Crippen LogP contribution in [-0.2, 0) is 11.2 Å². The summed E-state index contributed by atoms with van der Waals surface area (Å²) in [7, 11) is 0. The lowest BCUT2D eigenvalue weighted by molar-refractivity contribution is -0.131. The Morgan fingerprint density at radius 2 is 2.26 bits per heavy atom. The van der Waals surface area contributed by atoms with Crippen LogP contribution in [0, 0.1) is 5.82 Å². The fraction of sp³-hybridized carbons (Fsp3) is 0.533. The molecule has 0 bridgehead atoms. The Morgan fingerprint density at radius 1 is 1.47 bits per heavy atom. The molecule has 4 heteroatoms. The van der Waals surface area contributed by atoms with Crippen molar-refractivity contribution in [2.45, 2.75) is 32.2 Å². The third kappa shape index (κ3) is 3.77. The zero-order valence-electron chi connectivity index (χ0n) is 11.4. The zero-order chi connectivity index (χ0) is 13.7. The van der Waals surface area contributed by atoms with Crippen molar-refractivity contribution in [2.75, 3.05) is 19.6 Å². The van der Waals surface area contributed by atoms with Crippen molar-refractivity contribution >= 4 is 5.91 Å². The number of hydrogen-bond acceptors (Lipinski definition) is 2. The third-order valence-electron chi connectivity index (χ3n) is 3.57. The molecule has 104 valence electrons. The van der Waals surface area contributed by atoms with Crippen LogP contribution in [0.3, 0.4) is 0 Å². The summed E-state index contributed by atoms with van der Waals surface area (Å²) >= 11 is 0. The summed E-state index contributed by atoms with van der Waals surface area (Å²) in [4.78, 5) is 14.1. The highest BCUT2D eigenvalue weighted by Crippen LogP contribution is 2.13. The van der Waals surface area contributed by atoms with E-state index >= 15 is 0 Å². The normalized spacial score (nSPS) is 19.5. The number of amides is 1. The van der Waals surface area contributed by atoms with Crippen LogP contribution in [-0.4, -0.2) is 36.5 Å². The second-order valence-corrected chi connectivity index (χ2v) is 5.00. The van der Waals surface area contributed by atoms with Gasteiger partial charge in [-0.05, 0) is 31.0 Å². The van der Waals surface area contributed by atoms with Crippen LogP contribution < -0.4 is 5.32 Å². The van der Waals surface area contributed by atoms with Crippen molar-refractivity contribution in [3.05, 3.63) is 35.6 Å². The van der Waals surface area contributed by atoms with Gasteiger partial charge < -0.3 is 10.2 Å².